The number of fused-ring (bicyclic) bond motifs is 1. The first-order valence-corrected chi connectivity index (χ1v) is 11.1. The van der Waals surface area contributed by atoms with E-state index in [9.17, 15) is 9.59 Å². The summed E-state index contributed by atoms with van der Waals surface area (Å²) in [7, 11) is 0. The van der Waals surface area contributed by atoms with Gasteiger partial charge in [-0.1, -0.05) is 23.4 Å². The van der Waals surface area contributed by atoms with Crippen LogP contribution in [0.5, 0.6) is 0 Å². The van der Waals surface area contributed by atoms with Gasteiger partial charge in [0.05, 0.1) is 0 Å². The Bertz CT molecular complexity index is 1110. The zero-order valence-corrected chi connectivity index (χ0v) is 17.7. The number of hydrogen-bond donors (Lipinski definition) is 1. The number of hydrogen-bond acceptors (Lipinski definition) is 6. The van der Waals surface area contributed by atoms with E-state index in [2.05, 4.69) is 26.5 Å². The minimum absolute atomic E-state index is 0.0113. The predicted molar refractivity (Wildman–Crippen MR) is 117 cm³/mol. The molecule has 1 saturated heterocycles. The van der Waals surface area contributed by atoms with Gasteiger partial charge < -0.3 is 14.7 Å². The number of benzene rings is 1. The molecule has 1 aromatic carbocycles. The first kappa shape index (κ1) is 20.4. The second kappa shape index (κ2) is 8.90. The zero-order valence-electron chi connectivity index (χ0n) is 17.7. The maximum absolute atomic E-state index is 12.7. The van der Waals surface area contributed by atoms with Crippen molar-refractivity contribution in [2.45, 2.75) is 31.6 Å². The number of aryl methyl sites for hydroxylation is 1. The minimum atomic E-state index is 0.0113. The molecule has 4 heterocycles. The van der Waals surface area contributed by atoms with Gasteiger partial charge in [-0.15, -0.1) is 0 Å². The molecule has 1 unspecified atom stereocenters. The van der Waals surface area contributed by atoms with E-state index in [1.165, 1.54) is 0 Å². The molecule has 2 aliphatic rings. The number of rotatable bonds is 5. The average molecular weight is 431 g/mol. The Morgan fingerprint density at radius 3 is 2.81 bits per heavy atom. The number of carbonyl (C=O) groups excluding carboxylic acids is 2. The highest BCUT2D eigenvalue weighted by Gasteiger charge is 2.33. The van der Waals surface area contributed by atoms with Crippen LogP contribution in [0.15, 0.2) is 53.3 Å². The van der Waals surface area contributed by atoms with E-state index >= 15 is 0 Å². The zero-order chi connectivity index (χ0) is 21.9. The number of piperidine rings is 1. The molecule has 0 saturated carbocycles. The van der Waals surface area contributed by atoms with Crippen LogP contribution in [0.4, 0.5) is 0 Å². The maximum atomic E-state index is 12.7. The first-order chi connectivity index (χ1) is 15.7. The van der Waals surface area contributed by atoms with Gasteiger partial charge in [0.25, 0.3) is 5.91 Å². The molecule has 1 fully saturated rings. The third-order valence-electron chi connectivity index (χ3n) is 6.49. The number of carbonyl (C=O) groups is 2. The maximum Gasteiger partial charge on any atom is 0.251 e. The van der Waals surface area contributed by atoms with E-state index in [-0.39, 0.29) is 11.8 Å². The SMILES string of the molecule is O=C1NCC(C2CCN(C(=O)CCc3nc(-c4cccnc4)no3)CC2)c2ccccc21. The third-order valence-corrected chi connectivity index (χ3v) is 6.49. The quantitative estimate of drug-likeness (QED) is 0.667. The number of amides is 2. The molecule has 8 nitrogen and oxygen atoms in total. The van der Waals surface area contributed by atoms with Crippen molar-refractivity contribution in [2.24, 2.45) is 5.92 Å². The van der Waals surface area contributed by atoms with Crippen molar-refractivity contribution < 1.29 is 14.1 Å². The minimum Gasteiger partial charge on any atom is -0.351 e. The van der Waals surface area contributed by atoms with Crippen molar-refractivity contribution in [3.8, 4) is 11.4 Å². The molecule has 8 heteroatoms. The van der Waals surface area contributed by atoms with Crippen LogP contribution in [0.1, 0.15) is 47.0 Å². The first-order valence-electron chi connectivity index (χ1n) is 11.1. The lowest BCUT2D eigenvalue weighted by Crippen LogP contribution is -2.43. The Morgan fingerprint density at radius 1 is 1.16 bits per heavy atom. The Morgan fingerprint density at radius 2 is 2.00 bits per heavy atom. The van der Waals surface area contributed by atoms with Gasteiger partial charge in [-0.3, -0.25) is 14.6 Å². The van der Waals surface area contributed by atoms with Crippen molar-refractivity contribution in [1.82, 2.24) is 25.3 Å². The van der Waals surface area contributed by atoms with Gasteiger partial charge in [0.15, 0.2) is 0 Å². The summed E-state index contributed by atoms with van der Waals surface area (Å²) in [5, 5.41) is 7.01. The summed E-state index contributed by atoms with van der Waals surface area (Å²) in [6.07, 6.45) is 6.02. The van der Waals surface area contributed by atoms with Gasteiger partial charge in [-0.2, -0.15) is 4.98 Å². The molecule has 0 aliphatic carbocycles. The van der Waals surface area contributed by atoms with Crippen molar-refractivity contribution in [3.05, 3.63) is 65.8 Å². The molecule has 2 amide bonds. The number of nitrogens with one attached hydrogen (secondary N) is 1. The van der Waals surface area contributed by atoms with Gasteiger partial charge >= 0.3 is 0 Å². The van der Waals surface area contributed by atoms with Gasteiger partial charge in [0, 0.05) is 61.9 Å². The molecule has 1 N–H and O–H groups in total. The number of likely N-dealkylation sites (tertiary alicyclic amines) is 1. The summed E-state index contributed by atoms with van der Waals surface area (Å²) < 4.78 is 5.30. The monoisotopic (exact) mass is 431 g/mol. The lowest BCUT2D eigenvalue weighted by atomic mass is 9.76. The molecule has 5 rings (SSSR count). The molecular formula is C24H25N5O3. The van der Waals surface area contributed by atoms with Crippen LogP contribution in [0.3, 0.4) is 0 Å². The lowest BCUT2D eigenvalue weighted by Gasteiger charge is -2.38. The van der Waals surface area contributed by atoms with Gasteiger partial charge in [-0.25, -0.2) is 0 Å². The van der Waals surface area contributed by atoms with Crippen LogP contribution < -0.4 is 5.32 Å². The molecular weight excluding hydrogens is 406 g/mol. The smallest absolute Gasteiger partial charge is 0.251 e. The lowest BCUT2D eigenvalue weighted by molar-refractivity contribution is -0.132. The average Bonchev–Trinajstić information content (AvgIpc) is 3.33. The molecule has 2 aromatic heterocycles. The van der Waals surface area contributed by atoms with Crippen molar-refractivity contribution in [3.63, 3.8) is 0 Å². The topological polar surface area (TPSA) is 101 Å². The fourth-order valence-electron chi connectivity index (χ4n) is 4.75. The van der Waals surface area contributed by atoms with Gasteiger partial charge in [0.2, 0.25) is 17.6 Å². The van der Waals surface area contributed by atoms with E-state index in [1.54, 1.807) is 12.4 Å². The van der Waals surface area contributed by atoms with Crippen LogP contribution in [0.2, 0.25) is 0 Å². The second-order valence-electron chi connectivity index (χ2n) is 8.38. The summed E-state index contributed by atoms with van der Waals surface area (Å²) >= 11 is 0. The van der Waals surface area contributed by atoms with Crippen molar-refractivity contribution in [2.75, 3.05) is 19.6 Å². The fourth-order valence-corrected chi connectivity index (χ4v) is 4.75. The molecule has 32 heavy (non-hydrogen) atoms. The summed E-state index contributed by atoms with van der Waals surface area (Å²) in [4.78, 5) is 35.3. The van der Waals surface area contributed by atoms with Crippen molar-refractivity contribution >= 4 is 11.8 Å². The molecule has 3 aromatic rings. The van der Waals surface area contributed by atoms with Gasteiger partial charge in [0.1, 0.15) is 0 Å². The number of nitrogens with zero attached hydrogens (tertiary/aromatic N) is 4. The standard InChI is InChI=1S/C24H25N5O3/c30-22(8-7-21-27-23(28-32-21)17-4-3-11-25-14-17)29-12-9-16(10-13-29)20-15-26-24(31)19-6-2-1-5-18(19)20/h1-6,11,14,16,20H,7-10,12-13,15H2,(H,26,31). The van der Waals surface area contributed by atoms with E-state index in [4.69, 9.17) is 4.52 Å². The van der Waals surface area contributed by atoms with Crippen LogP contribution in [0, 0.1) is 5.92 Å². The highest BCUT2D eigenvalue weighted by atomic mass is 16.5. The summed E-state index contributed by atoms with van der Waals surface area (Å²) in [6, 6.07) is 11.6. The summed E-state index contributed by atoms with van der Waals surface area (Å²) in [5.41, 5.74) is 2.71. The predicted octanol–water partition coefficient (Wildman–Crippen LogP) is 2.83. The normalized spacial score (nSPS) is 18.8. The van der Waals surface area contributed by atoms with Crippen molar-refractivity contribution in [1.29, 1.82) is 0 Å². The third kappa shape index (κ3) is 4.12. The van der Waals surface area contributed by atoms with E-state index in [1.807, 2.05) is 35.2 Å². The molecule has 2 aliphatic heterocycles. The second-order valence-corrected chi connectivity index (χ2v) is 8.38. The van der Waals surface area contributed by atoms with Gasteiger partial charge in [-0.05, 0) is 42.5 Å². The van der Waals surface area contributed by atoms with Crippen LogP contribution >= 0.6 is 0 Å². The van der Waals surface area contributed by atoms with Crippen LogP contribution in [-0.2, 0) is 11.2 Å². The highest BCUT2D eigenvalue weighted by Crippen LogP contribution is 2.36. The number of aromatic nitrogens is 3. The Kier molecular flexibility index (Phi) is 5.66. The molecule has 164 valence electrons. The largest absolute Gasteiger partial charge is 0.351 e. The summed E-state index contributed by atoms with van der Waals surface area (Å²) in [5.74, 6) is 1.84. The van der Waals surface area contributed by atoms with Crippen LogP contribution in [-0.4, -0.2) is 51.5 Å². The van der Waals surface area contributed by atoms with Crippen LogP contribution in [0.25, 0.3) is 11.4 Å². The number of pyridine rings is 1. The Hall–Kier alpha value is -3.55. The van der Waals surface area contributed by atoms with E-state index in [0.29, 0.717) is 42.9 Å². The molecule has 0 spiro atoms. The summed E-state index contributed by atoms with van der Waals surface area (Å²) in [6.45, 7) is 2.15. The highest BCUT2D eigenvalue weighted by molar-refractivity contribution is 5.97. The fraction of sp³-hybridized carbons (Fsp3) is 0.375. The van der Waals surface area contributed by atoms with E-state index in [0.717, 1.165) is 42.6 Å². The van der Waals surface area contributed by atoms with E-state index < -0.39 is 0 Å². The Balaban J connectivity index is 1.14. The molecule has 1 atom stereocenters. The molecule has 0 bridgehead atoms. The Labute approximate surface area is 186 Å². The molecule has 0 radical (unpaired) electrons.